The molecule has 1 aliphatic rings. The predicted octanol–water partition coefficient (Wildman–Crippen LogP) is 3.41. The van der Waals surface area contributed by atoms with Gasteiger partial charge in [0.05, 0.1) is 0 Å². The number of hydrogen-bond donors (Lipinski definition) is 1. The highest BCUT2D eigenvalue weighted by Crippen LogP contribution is 2.29. The number of nitrogens with one attached hydrogen (secondary N) is 1. The van der Waals surface area contributed by atoms with Crippen LogP contribution in [0.3, 0.4) is 0 Å². The first-order valence-corrected chi connectivity index (χ1v) is 8.93. The van der Waals surface area contributed by atoms with Crippen molar-refractivity contribution >= 4 is 11.8 Å². The first kappa shape index (κ1) is 15.9. The predicted molar refractivity (Wildman–Crippen MR) is 90.4 cm³/mol. The van der Waals surface area contributed by atoms with Crippen LogP contribution >= 0.6 is 11.8 Å². The molecule has 112 valence electrons. The molecule has 1 N–H and O–H groups in total. The molecule has 1 fully saturated rings. The van der Waals surface area contributed by atoms with Crippen LogP contribution in [0.1, 0.15) is 32.4 Å². The van der Waals surface area contributed by atoms with Crippen molar-refractivity contribution in [3.05, 3.63) is 35.9 Å². The first-order chi connectivity index (χ1) is 9.52. The SMILES string of the molecule is CSCCN1CC(c2ccccc2)NCC1C(C)(C)C. The van der Waals surface area contributed by atoms with Crippen LogP contribution in [0, 0.1) is 5.41 Å². The summed E-state index contributed by atoms with van der Waals surface area (Å²) in [5.41, 5.74) is 1.74. The van der Waals surface area contributed by atoms with Gasteiger partial charge in [0.2, 0.25) is 0 Å². The van der Waals surface area contributed by atoms with E-state index in [1.807, 2.05) is 11.8 Å². The fourth-order valence-electron chi connectivity index (χ4n) is 3.03. The van der Waals surface area contributed by atoms with Crippen molar-refractivity contribution in [3.8, 4) is 0 Å². The number of piperazine rings is 1. The molecule has 0 saturated carbocycles. The zero-order valence-electron chi connectivity index (χ0n) is 13.2. The monoisotopic (exact) mass is 292 g/mol. The lowest BCUT2D eigenvalue weighted by molar-refractivity contribution is 0.0612. The molecule has 1 heterocycles. The van der Waals surface area contributed by atoms with Crippen LogP contribution in [0.5, 0.6) is 0 Å². The van der Waals surface area contributed by atoms with Crippen LogP contribution in [-0.2, 0) is 0 Å². The summed E-state index contributed by atoms with van der Waals surface area (Å²) in [7, 11) is 0. The largest absolute Gasteiger partial charge is 0.307 e. The van der Waals surface area contributed by atoms with Crippen molar-refractivity contribution in [3.63, 3.8) is 0 Å². The Balaban J connectivity index is 2.09. The number of hydrogen-bond acceptors (Lipinski definition) is 3. The number of rotatable bonds is 4. The van der Waals surface area contributed by atoms with Gasteiger partial charge >= 0.3 is 0 Å². The molecule has 1 aliphatic heterocycles. The smallest absolute Gasteiger partial charge is 0.0449 e. The van der Waals surface area contributed by atoms with Crippen LogP contribution in [-0.4, -0.2) is 42.6 Å². The molecule has 3 heteroatoms. The van der Waals surface area contributed by atoms with E-state index in [4.69, 9.17) is 0 Å². The molecule has 1 saturated heterocycles. The second-order valence-electron chi connectivity index (χ2n) is 6.74. The lowest BCUT2D eigenvalue weighted by Gasteiger charge is -2.46. The molecular formula is C17H28N2S. The second kappa shape index (κ2) is 6.97. The van der Waals surface area contributed by atoms with E-state index in [0.717, 1.165) is 13.1 Å². The molecule has 0 spiro atoms. The Morgan fingerprint density at radius 1 is 1.25 bits per heavy atom. The van der Waals surface area contributed by atoms with Gasteiger partial charge in [-0.3, -0.25) is 4.90 Å². The standard InChI is InChI=1S/C17H28N2S/c1-17(2,3)16-12-18-15(13-19(16)10-11-20-4)14-8-6-5-7-9-14/h5-9,15-16,18H,10-13H2,1-4H3. The van der Waals surface area contributed by atoms with Crippen LogP contribution in [0.2, 0.25) is 0 Å². The van der Waals surface area contributed by atoms with Gasteiger partial charge in [-0.05, 0) is 17.2 Å². The fraction of sp³-hybridized carbons (Fsp3) is 0.647. The van der Waals surface area contributed by atoms with E-state index in [1.165, 1.54) is 17.9 Å². The second-order valence-corrected chi connectivity index (χ2v) is 7.73. The highest BCUT2D eigenvalue weighted by atomic mass is 32.2. The Hall–Kier alpha value is -0.510. The molecule has 2 atom stereocenters. The lowest BCUT2D eigenvalue weighted by atomic mass is 9.83. The number of nitrogens with zero attached hydrogens (tertiary/aromatic N) is 1. The molecule has 0 radical (unpaired) electrons. The van der Waals surface area contributed by atoms with Crippen molar-refractivity contribution in [1.29, 1.82) is 0 Å². The Kier molecular flexibility index (Phi) is 5.53. The van der Waals surface area contributed by atoms with Gasteiger partial charge in [0.1, 0.15) is 0 Å². The molecule has 2 unspecified atom stereocenters. The highest BCUT2D eigenvalue weighted by molar-refractivity contribution is 7.98. The Morgan fingerprint density at radius 2 is 1.95 bits per heavy atom. The van der Waals surface area contributed by atoms with Gasteiger partial charge in [-0.15, -0.1) is 0 Å². The van der Waals surface area contributed by atoms with E-state index in [1.54, 1.807) is 0 Å². The van der Waals surface area contributed by atoms with Crippen molar-refractivity contribution in [2.45, 2.75) is 32.9 Å². The summed E-state index contributed by atoms with van der Waals surface area (Å²) in [5.74, 6) is 1.22. The van der Waals surface area contributed by atoms with E-state index in [9.17, 15) is 0 Å². The van der Waals surface area contributed by atoms with Gasteiger partial charge in [-0.2, -0.15) is 11.8 Å². The molecule has 1 aromatic carbocycles. The third-order valence-electron chi connectivity index (χ3n) is 4.20. The van der Waals surface area contributed by atoms with Crippen LogP contribution in [0.15, 0.2) is 30.3 Å². The number of thioether (sulfide) groups is 1. The van der Waals surface area contributed by atoms with Gasteiger partial charge in [0.15, 0.2) is 0 Å². The summed E-state index contributed by atoms with van der Waals surface area (Å²) >= 11 is 1.94. The molecule has 0 aromatic heterocycles. The summed E-state index contributed by atoms with van der Waals surface area (Å²) < 4.78 is 0. The minimum absolute atomic E-state index is 0.326. The van der Waals surface area contributed by atoms with Crippen LogP contribution in [0.25, 0.3) is 0 Å². The molecule has 20 heavy (non-hydrogen) atoms. The molecule has 1 aromatic rings. The van der Waals surface area contributed by atoms with Crippen molar-refractivity contribution < 1.29 is 0 Å². The van der Waals surface area contributed by atoms with Gasteiger partial charge in [-0.1, -0.05) is 51.1 Å². The van der Waals surface area contributed by atoms with Crippen LogP contribution < -0.4 is 5.32 Å². The molecular weight excluding hydrogens is 264 g/mol. The first-order valence-electron chi connectivity index (χ1n) is 7.53. The quantitative estimate of drug-likeness (QED) is 0.915. The normalized spacial score (nSPS) is 24.8. The van der Waals surface area contributed by atoms with Gasteiger partial charge in [0.25, 0.3) is 0 Å². The average Bonchev–Trinajstić information content (AvgIpc) is 2.44. The van der Waals surface area contributed by atoms with Crippen LogP contribution in [0.4, 0.5) is 0 Å². The summed E-state index contributed by atoms with van der Waals surface area (Å²) in [6.45, 7) is 10.5. The van der Waals surface area contributed by atoms with E-state index >= 15 is 0 Å². The topological polar surface area (TPSA) is 15.3 Å². The van der Waals surface area contributed by atoms with E-state index in [-0.39, 0.29) is 0 Å². The zero-order chi connectivity index (χ0) is 14.6. The fourth-order valence-corrected chi connectivity index (χ4v) is 3.44. The van der Waals surface area contributed by atoms with Crippen molar-refractivity contribution in [2.24, 2.45) is 5.41 Å². The van der Waals surface area contributed by atoms with E-state index in [2.05, 4.69) is 67.6 Å². The summed E-state index contributed by atoms with van der Waals surface area (Å²) in [5, 5.41) is 3.75. The van der Waals surface area contributed by atoms with Crippen molar-refractivity contribution in [1.82, 2.24) is 10.2 Å². The maximum atomic E-state index is 3.75. The van der Waals surface area contributed by atoms with Gasteiger partial charge in [0, 0.05) is 37.5 Å². The van der Waals surface area contributed by atoms with Gasteiger partial charge in [-0.25, -0.2) is 0 Å². The molecule has 0 bridgehead atoms. The maximum absolute atomic E-state index is 3.75. The van der Waals surface area contributed by atoms with E-state index < -0.39 is 0 Å². The van der Waals surface area contributed by atoms with E-state index in [0.29, 0.717) is 17.5 Å². The Bertz CT molecular complexity index is 399. The van der Waals surface area contributed by atoms with Crippen molar-refractivity contribution in [2.75, 3.05) is 31.6 Å². The molecule has 2 rings (SSSR count). The molecule has 0 aliphatic carbocycles. The average molecular weight is 292 g/mol. The Labute approximate surface area is 128 Å². The summed E-state index contributed by atoms with van der Waals surface area (Å²) in [6.07, 6.45) is 2.20. The summed E-state index contributed by atoms with van der Waals surface area (Å²) in [6, 6.07) is 11.9. The minimum atomic E-state index is 0.326. The number of benzene rings is 1. The third-order valence-corrected chi connectivity index (χ3v) is 4.79. The zero-order valence-corrected chi connectivity index (χ0v) is 14.0. The maximum Gasteiger partial charge on any atom is 0.0449 e. The summed E-state index contributed by atoms with van der Waals surface area (Å²) in [4.78, 5) is 2.69. The highest BCUT2D eigenvalue weighted by Gasteiger charge is 2.35. The van der Waals surface area contributed by atoms with Gasteiger partial charge < -0.3 is 5.32 Å². The lowest BCUT2D eigenvalue weighted by Crippen LogP contribution is -2.58. The molecule has 0 amide bonds. The third kappa shape index (κ3) is 4.00. The molecule has 2 nitrogen and oxygen atoms in total. The minimum Gasteiger partial charge on any atom is -0.307 e. The Morgan fingerprint density at radius 3 is 2.55 bits per heavy atom.